The van der Waals surface area contributed by atoms with Crippen LogP contribution in [0.3, 0.4) is 0 Å². The van der Waals surface area contributed by atoms with Gasteiger partial charge in [-0.1, -0.05) is 12.1 Å². The van der Waals surface area contributed by atoms with Gasteiger partial charge in [-0.25, -0.2) is 14.4 Å². The second-order valence-corrected chi connectivity index (χ2v) is 12.9. The van der Waals surface area contributed by atoms with Gasteiger partial charge in [0, 0.05) is 60.1 Å². The summed E-state index contributed by atoms with van der Waals surface area (Å²) in [4.78, 5) is 52.0. The Morgan fingerprint density at radius 2 is 1.91 bits per heavy atom. The molecule has 1 saturated heterocycles. The number of nitrogens with one attached hydrogen (secondary N) is 1. The Bertz CT molecular complexity index is 1760. The fourth-order valence-corrected chi connectivity index (χ4v) is 7.41. The molecule has 0 aliphatic carbocycles. The molecule has 3 aliphatic heterocycles. The number of hydrogen-bond donors (Lipinski definition) is 1. The van der Waals surface area contributed by atoms with E-state index >= 15 is 4.39 Å². The van der Waals surface area contributed by atoms with Gasteiger partial charge in [0.05, 0.1) is 25.2 Å². The van der Waals surface area contributed by atoms with E-state index < -0.39 is 23.7 Å². The second kappa shape index (κ2) is 12.7. The van der Waals surface area contributed by atoms with Crippen molar-refractivity contribution in [3.8, 4) is 11.1 Å². The molecule has 0 radical (unpaired) electrons. The number of ether oxygens (including phenoxy) is 1. The quantitative estimate of drug-likeness (QED) is 0.237. The number of nitrogens with zero attached hydrogens (tertiary/aromatic N) is 5. The van der Waals surface area contributed by atoms with E-state index in [9.17, 15) is 14.4 Å². The van der Waals surface area contributed by atoms with Crippen molar-refractivity contribution in [2.24, 2.45) is 5.92 Å². The lowest BCUT2D eigenvalue weighted by atomic mass is 9.93. The Labute approximate surface area is 270 Å². The average molecular weight is 643 g/mol. The van der Waals surface area contributed by atoms with Crippen molar-refractivity contribution in [2.45, 2.75) is 58.2 Å². The van der Waals surface area contributed by atoms with E-state index in [2.05, 4.69) is 20.2 Å². The largest absolute Gasteiger partial charge is 0.466 e. The van der Waals surface area contributed by atoms with E-state index in [0.717, 1.165) is 62.3 Å². The Hall–Kier alpha value is -4.58. The first-order chi connectivity index (χ1) is 22.4. The van der Waals surface area contributed by atoms with Crippen LogP contribution in [0.25, 0.3) is 11.1 Å². The minimum Gasteiger partial charge on any atom is -0.466 e. The summed E-state index contributed by atoms with van der Waals surface area (Å²) >= 11 is 1.29. The summed E-state index contributed by atoms with van der Waals surface area (Å²) in [5.74, 6) is -1.12. The van der Waals surface area contributed by atoms with Crippen molar-refractivity contribution in [1.82, 2.24) is 19.4 Å². The fraction of sp³-hybridized carbons (Fsp3) is 0.382. The molecule has 2 aromatic carbocycles. The normalized spacial score (nSPS) is 16.8. The molecule has 12 heteroatoms. The molecule has 7 rings (SSSR count). The number of halogens is 1. The molecule has 1 N–H and O–H groups in total. The van der Waals surface area contributed by atoms with E-state index in [1.54, 1.807) is 24.0 Å². The van der Waals surface area contributed by atoms with Gasteiger partial charge >= 0.3 is 5.97 Å². The van der Waals surface area contributed by atoms with E-state index in [-0.39, 0.29) is 23.6 Å². The highest BCUT2D eigenvalue weighted by molar-refractivity contribution is 7.13. The number of hydrogen-bond acceptors (Lipinski definition) is 8. The number of fused-ring (bicyclic) bond motifs is 2. The lowest BCUT2D eigenvalue weighted by Gasteiger charge is -2.33. The van der Waals surface area contributed by atoms with Gasteiger partial charge in [-0.3, -0.25) is 19.7 Å². The molecule has 1 fully saturated rings. The molecule has 2 aromatic heterocycles. The number of aromatic nitrogens is 3. The average Bonchev–Trinajstić information content (AvgIpc) is 3.86. The summed E-state index contributed by atoms with van der Waals surface area (Å²) in [6.07, 6.45) is 7.29. The van der Waals surface area contributed by atoms with E-state index in [4.69, 9.17) is 4.74 Å². The molecule has 0 bridgehead atoms. The monoisotopic (exact) mass is 642 g/mol. The number of thiazole rings is 1. The molecular formula is C34H35FN6O4S. The van der Waals surface area contributed by atoms with Crippen molar-refractivity contribution < 1.29 is 23.5 Å². The van der Waals surface area contributed by atoms with Crippen molar-refractivity contribution in [3.63, 3.8) is 0 Å². The summed E-state index contributed by atoms with van der Waals surface area (Å²) in [6.45, 7) is 4.69. The standard InChI is InChI=1S/C34H35FN6O4S/c1-2-45-29(42)16-21-9-13-39(14-10-21)24-7-5-22(6-8-24)23-17-25-26(27(35)18-23)19-41(33(25)44)31(32(43)38-34-36-11-15-46-34)30-28-4-3-12-40(28)20-37-30/h5-8,11,15,17-18,20-21,31H,2-4,9-10,12-14,16,19H2,1H3,(H,36,38,43). The van der Waals surface area contributed by atoms with Crippen LogP contribution >= 0.6 is 11.3 Å². The van der Waals surface area contributed by atoms with Gasteiger partial charge in [0.15, 0.2) is 11.2 Å². The zero-order valence-electron chi connectivity index (χ0n) is 25.6. The van der Waals surface area contributed by atoms with Crippen LogP contribution < -0.4 is 10.2 Å². The summed E-state index contributed by atoms with van der Waals surface area (Å²) in [6, 6.07) is 10.1. The first kappa shape index (κ1) is 30.1. The minimum atomic E-state index is -1.03. The van der Waals surface area contributed by atoms with E-state index in [1.165, 1.54) is 22.3 Å². The first-order valence-electron chi connectivity index (χ1n) is 15.8. The molecular weight excluding hydrogens is 607 g/mol. The van der Waals surface area contributed by atoms with Crippen molar-refractivity contribution >= 4 is 39.9 Å². The van der Waals surface area contributed by atoms with Crippen molar-refractivity contribution in [3.05, 3.63) is 82.6 Å². The third kappa shape index (κ3) is 5.77. The van der Waals surface area contributed by atoms with Gasteiger partial charge in [0.2, 0.25) is 0 Å². The maximum absolute atomic E-state index is 15.7. The highest BCUT2D eigenvalue weighted by Gasteiger charge is 2.42. The molecule has 0 saturated carbocycles. The van der Waals surface area contributed by atoms with Gasteiger partial charge in [-0.15, -0.1) is 11.3 Å². The number of aryl methyl sites for hydroxylation is 1. The minimum absolute atomic E-state index is 0.0341. The number of carbonyl (C=O) groups excluding carboxylic acids is 3. The number of carbonyl (C=O) groups is 3. The number of anilines is 2. The Morgan fingerprint density at radius 1 is 1.11 bits per heavy atom. The molecule has 1 unspecified atom stereocenters. The maximum Gasteiger partial charge on any atom is 0.306 e. The van der Waals surface area contributed by atoms with Gasteiger partial charge in [-0.05, 0) is 73.9 Å². The van der Waals surface area contributed by atoms with Crippen LogP contribution in [-0.2, 0) is 33.8 Å². The number of rotatable bonds is 9. The van der Waals surface area contributed by atoms with Crippen LogP contribution in [0.15, 0.2) is 54.3 Å². The molecule has 238 valence electrons. The molecule has 5 heterocycles. The van der Waals surface area contributed by atoms with Crippen LogP contribution in [0.2, 0.25) is 0 Å². The third-order valence-electron chi connectivity index (χ3n) is 9.23. The maximum atomic E-state index is 15.7. The SMILES string of the molecule is CCOC(=O)CC1CCN(c2ccc(-c3cc(F)c4c(c3)C(=O)N(C(C(=O)Nc3nccs3)c3ncn5c3CCC5)C4)cc2)CC1. The summed E-state index contributed by atoms with van der Waals surface area (Å²) in [5, 5.41) is 5.02. The highest BCUT2D eigenvalue weighted by atomic mass is 32.1. The van der Waals surface area contributed by atoms with E-state index in [1.807, 2.05) is 35.8 Å². The summed E-state index contributed by atoms with van der Waals surface area (Å²) in [5.41, 5.74) is 4.42. The molecule has 3 aliphatic rings. The van der Waals surface area contributed by atoms with Crippen LogP contribution in [-0.4, -0.2) is 56.9 Å². The predicted molar refractivity (Wildman–Crippen MR) is 172 cm³/mol. The first-order valence-corrected chi connectivity index (χ1v) is 16.7. The number of esters is 1. The molecule has 4 aromatic rings. The fourth-order valence-electron chi connectivity index (χ4n) is 6.88. The molecule has 1 atom stereocenters. The molecule has 0 spiro atoms. The Balaban J connectivity index is 1.10. The molecule has 2 amide bonds. The third-order valence-corrected chi connectivity index (χ3v) is 9.92. The number of piperidine rings is 1. The van der Waals surface area contributed by atoms with Crippen molar-refractivity contribution in [1.29, 1.82) is 0 Å². The lowest BCUT2D eigenvalue weighted by Crippen LogP contribution is -2.38. The molecule has 10 nitrogen and oxygen atoms in total. The van der Waals surface area contributed by atoms with Gasteiger partial charge in [0.1, 0.15) is 5.82 Å². The van der Waals surface area contributed by atoms with Crippen LogP contribution in [0.4, 0.5) is 15.2 Å². The number of amides is 2. The van der Waals surface area contributed by atoms with E-state index in [0.29, 0.717) is 35.3 Å². The number of imidazole rings is 1. The van der Waals surface area contributed by atoms with Crippen molar-refractivity contribution in [2.75, 3.05) is 29.9 Å². The van der Waals surface area contributed by atoms with Crippen LogP contribution in [0.1, 0.15) is 66.0 Å². The summed E-state index contributed by atoms with van der Waals surface area (Å²) < 4.78 is 22.8. The predicted octanol–water partition coefficient (Wildman–Crippen LogP) is 5.60. The Morgan fingerprint density at radius 3 is 2.65 bits per heavy atom. The highest BCUT2D eigenvalue weighted by Crippen LogP contribution is 2.38. The van der Waals surface area contributed by atoms with Crippen LogP contribution in [0, 0.1) is 11.7 Å². The van der Waals surface area contributed by atoms with Crippen LogP contribution in [0.5, 0.6) is 0 Å². The smallest absolute Gasteiger partial charge is 0.306 e. The van der Waals surface area contributed by atoms with Gasteiger partial charge < -0.3 is 19.1 Å². The Kier molecular flexibility index (Phi) is 8.29. The number of benzene rings is 2. The summed E-state index contributed by atoms with van der Waals surface area (Å²) in [7, 11) is 0. The zero-order chi connectivity index (χ0) is 31.8. The topological polar surface area (TPSA) is 110 Å². The lowest BCUT2D eigenvalue weighted by molar-refractivity contribution is -0.144. The second-order valence-electron chi connectivity index (χ2n) is 12.0. The van der Waals surface area contributed by atoms with Gasteiger partial charge in [-0.2, -0.15) is 0 Å². The molecule has 46 heavy (non-hydrogen) atoms. The zero-order valence-corrected chi connectivity index (χ0v) is 26.4. The van der Waals surface area contributed by atoms with Gasteiger partial charge in [0.25, 0.3) is 11.8 Å².